The molecule has 0 aromatic heterocycles. The molecule has 0 saturated carbocycles. The number of carbonyl (C=O) groups is 2. The largest absolute Gasteiger partial charge is 0.490 e. The highest BCUT2D eigenvalue weighted by atomic mass is 32.2. The van der Waals surface area contributed by atoms with Gasteiger partial charge in [-0.2, -0.15) is 0 Å². The number of carbonyl (C=O) groups excluding carboxylic acids is 2. The summed E-state index contributed by atoms with van der Waals surface area (Å²) in [6, 6.07) is 15.3. The zero-order chi connectivity index (χ0) is 20.8. The van der Waals surface area contributed by atoms with Crippen molar-refractivity contribution in [3.05, 3.63) is 59.7 Å². The average Bonchev–Trinajstić information content (AvgIpc) is 3.10. The van der Waals surface area contributed by atoms with Gasteiger partial charge in [0, 0.05) is 13.8 Å². The van der Waals surface area contributed by atoms with Crippen LogP contribution in [-0.4, -0.2) is 35.2 Å². The summed E-state index contributed by atoms with van der Waals surface area (Å²) < 4.78 is 11.5. The van der Waals surface area contributed by atoms with Crippen LogP contribution in [0.3, 0.4) is 0 Å². The van der Waals surface area contributed by atoms with Crippen LogP contribution in [0.25, 0.3) is 0 Å². The predicted octanol–water partition coefficient (Wildman–Crippen LogP) is 3.45. The van der Waals surface area contributed by atoms with Crippen LogP contribution in [0.2, 0.25) is 0 Å². The van der Waals surface area contributed by atoms with Crippen LogP contribution >= 0.6 is 11.8 Å². The molecule has 0 saturated heterocycles. The Kier molecular flexibility index (Phi) is 6.77. The second kappa shape index (κ2) is 9.47. The second-order valence-corrected chi connectivity index (χ2v) is 7.52. The highest BCUT2D eigenvalue weighted by molar-refractivity contribution is 8.14. The Balaban J connectivity index is 1.55. The Hall–Kier alpha value is -3.00. The molecule has 1 heterocycles. The number of benzene rings is 2. The lowest BCUT2D eigenvalue weighted by molar-refractivity contribution is -0.129. The fourth-order valence-corrected chi connectivity index (χ4v) is 3.88. The van der Waals surface area contributed by atoms with Crippen molar-refractivity contribution in [3.8, 4) is 11.5 Å². The minimum Gasteiger partial charge on any atom is -0.490 e. The molecule has 2 amide bonds. The molecule has 1 unspecified atom stereocenters. The molecule has 0 radical (unpaired) electrons. The number of thioether (sulfide) groups is 1. The molecule has 1 aliphatic heterocycles. The Bertz CT molecular complexity index is 914. The van der Waals surface area contributed by atoms with E-state index < -0.39 is 0 Å². The topological polar surface area (TPSA) is 80.2 Å². The lowest BCUT2D eigenvalue weighted by atomic mass is 10.2. The van der Waals surface area contributed by atoms with E-state index in [0.717, 1.165) is 16.9 Å². The van der Waals surface area contributed by atoms with E-state index >= 15 is 0 Å². The molecule has 1 atom stereocenters. The first-order valence-electron chi connectivity index (χ1n) is 9.18. The first kappa shape index (κ1) is 20.7. The van der Waals surface area contributed by atoms with Crippen LogP contribution in [0.15, 0.2) is 53.6 Å². The molecule has 0 fully saturated rings. The van der Waals surface area contributed by atoms with Gasteiger partial charge in [0.05, 0.1) is 0 Å². The van der Waals surface area contributed by atoms with Gasteiger partial charge in [0.1, 0.15) is 30.1 Å². The van der Waals surface area contributed by atoms with E-state index in [-0.39, 0.29) is 17.2 Å². The zero-order valence-corrected chi connectivity index (χ0v) is 17.4. The summed E-state index contributed by atoms with van der Waals surface area (Å²) in [7, 11) is 0. The molecule has 152 valence electrons. The van der Waals surface area contributed by atoms with Crippen LogP contribution < -0.4 is 14.8 Å². The van der Waals surface area contributed by atoms with Crippen LogP contribution in [0.5, 0.6) is 11.5 Å². The molecule has 8 heteroatoms. The van der Waals surface area contributed by atoms with Gasteiger partial charge in [-0.1, -0.05) is 42.1 Å². The number of hydrogen-bond acceptors (Lipinski definition) is 6. The lowest BCUT2D eigenvalue weighted by Gasteiger charge is -2.19. The van der Waals surface area contributed by atoms with Gasteiger partial charge in [0.15, 0.2) is 5.17 Å². The number of nitrogens with zero attached hydrogens (tertiary/aromatic N) is 2. The first-order valence-corrected chi connectivity index (χ1v) is 10.1. The molecular formula is C21H23N3O4S. The maximum atomic E-state index is 11.9. The smallest absolute Gasteiger partial charge is 0.241 e. The van der Waals surface area contributed by atoms with Gasteiger partial charge in [-0.25, -0.2) is 5.01 Å². The van der Waals surface area contributed by atoms with Gasteiger partial charge in [-0.15, -0.1) is 5.10 Å². The molecule has 7 nitrogen and oxygen atoms in total. The van der Waals surface area contributed by atoms with E-state index in [2.05, 4.69) is 10.4 Å². The molecular weight excluding hydrogens is 390 g/mol. The van der Waals surface area contributed by atoms with Crippen molar-refractivity contribution >= 4 is 28.7 Å². The summed E-state index contributed by atoms with van der Waals surface area (Å²) in [4.78, 5) is 23.2. The predicted molar refractivity (Wildman–Crippen MR) is 113 cm³/mol. The first-order chi connectivity index (χ1) is 13.9. The Morgan fingerprint density at radius 3 is 2.41 bits per heavy atom. The number of hydrazone groups is 1. The van der Waals surface area contributed by atoms with Gasteiger partial charge in [0.25, 0.3) is 0 Å². The van der Waals surface area contributed by atoms with Crippen LogP contribution in [0, 0.1) is 6.92 Å². The van der Waals surface area contributed by atoms with Gasteiger partial charge >= 0.3 is 0 Å². The highest BCUT2D eigenvalue weighted by Gasteiger charge is 2.32. The van der Waals surface area contributed by atoms with Crippen molar-refractivity contribution in [2.45, 2.75) is 26.1 Å². The number of nitrogens with one attached hydrogen (secondary N) is 1. The molecule has 0 spiro atoms. The number of rotatable bonds is 6. The molecule has 1 N–H and O–H groups in total. The summed E-state index contributed by atoms with van der Waals surface area (Å²) in [6.45, 7) is 5.71. The number of amidine groups is 1. The molecule has 0 bridgehead atoms. The molecule has 0 aliphatic carbocycles. The number of para-hydroxylation sites is 1. The highest BCUT2D eigenvalue weighted by Crippen LogP contribution is 2.39. The third kappa shape index (κ3) is 5.51. The molecule has 1 aliphatic rings. The summed E-state index contributed by atoms with van der Waals surface area (Å²) in [5.41, 5.74) is 1.97. The van der Waals surface area contributed by atoms with E-state index in [4.69, 9.17) is 9.47 Å². The zero-order valence-electron chi connectivity index (χ0n) is 16.5. The van der Waals surface area contributed by atoms with Crippen molar-refractivity contribution in [2.24, 2.45) is 5.10 Å². The SMILES string of the molecule is CC(=O)NC1=NN(C(C)=O)C(c2ccc(OCCOc3ccccc3C)cc2)S1. The Morgan fingerprint density at radius 2 is 1.76 bits per heavy atom. The van der Waals surface area contributed by atoms with E-state index in [0.29, 0.717) is 24.1 Å². The minimum atomic E-state index is -0.326. The Morgan fingerprint density at radius 1 is 1.07 bits per heavy atom. The van der Waals surface area contributed by atoms with Gasteiger partial charge in [-0.05, 0) is 36.2 Å². The van der Waals surface area contributed by atoms with E-state index in [1.807, 2.05) is 55.5 Å². The molecule has 3 rings (SSSR count). The van der Waals surface area contributed by atoms with Crippen molar-refractivity contribution in [3.63, 3.8) is 0 Å². The maximum absolute atomic E-state index is 11.9. The van der Waals surface area contributed by atoms with Crippen molar-refractivity contribution in [2.75, 3.05) is 13.2 Å². The summed E-state index contributed by atoms with van der Waals surface area (Å²) in [5, 5.41) is 8.26. The third-order valence-electron chi connectivity index (χ3n) is 4.12. The summed E-state index contributed by atoms with van der Waals surface area (Å²) >= 11 is 1.32. The van der Waals surface area contributed by atoms with E-state index in [1.165, 1.54) is 30.6 Å². The average molecular weight is 413 g/mol. The number of amides is 2. The van der Waals surface area contributed by atoms with Crippen LogP contribution in [-0.2, 0) is 9.59 Å². The van der Waals surface area contributed by atoms with Gasteiger partial charge in [0.2, 0.25) is 11.8 Å². The fourth-order valence-electron chi connectivity index (χ4n) is 2.74. The monoisotopic (exact) mass is 413 g/mol. The lowest BCUT2D eigenvalue weighted by Crippen LogP contribution is -2.25. The molecule has 2 aromatic carbocycles. The van der Waals surface area contributed by atoms with E-state index in [9.17, 15) is 9.59 Å². The summed E-state index contributed by atoms with van der Waals surface area (Å²) in [5.74, 6) is 1.14. The standard InChI is InChI=1S/C21H23N3O4S/c1-14-6-4-5-7-19(14)28-13-12-27-18-10-8-17(9-11-18)20-24(16(3)26)23-21(29-20)22-15(2)25/h4-11,20H,12-13H2,1-3H3,(H,22,23,25). The van der Waals surface area contributed by atoms with Crippen molar-refractivity contribution in [1.82, 2.24) is 10.3 Å². The third-order valence-corrected chi connectivity index (χ3v) is 5.22. The number of hydrogen-bond donors (Lipinski definition) is 1. The van der Waals surface area contributed by atoms with Gasteiger partial charge in [-0.3, -0.25) is 9.59 Å². The molecule has 29 heavy (non-hydrogen) atoms. The second-order valence-electron chi connectivity index (χ2n) is 6.45. The number of ether oxygens (including phenoxy) is 2. The molecule has 2 aromatic rings. The fraction of sp³-hybridized carbons (Fsp3) is 0.286. The normalized spacial score (nSPS) is 15.6. The Labute approximate surface area is 174 Å². The van der Waals surface area contributed by atoms with Crippen LogP contribution in [0.4, 0.5) is 0 Å². The quantitative estimate of drug-likeness (QED) is 0.734. The minimum absolute atomic E-state index is 0.198. The van der Waals surface area contributed by atoms with Crippen LogP contribution in [0.1, 0.15) is 30.3 Å². The van der Waals surface area contributed by atoms with E-state index in [1.54, 1.807) is 0 Å². The van der Waals surface area contributed by atoms with Crippen molar-refractivity contribution in [1.29, 1.82) is 0 Å². The summed E-state index contributed by atoms with van der Waals surface area (Å²) in [6.07, 6.45) is 0. The van der Waals surface area contributed by atoms with Crippen molar-refractivity contribution < 1.29 is 19.1 Å². The number of aryl methyl sites for hydroxylation is 1. The maximum Gasteiger partial charge on any atom is 0.241 e. The van der Waals surface area contributed by atoms with Gasteiger partial charge < -0.3 is 14.8 Å².